The van der Waals surface area contributed by atoms with Crippen LogP contribution >= 0.6 is 0 Å². The molecular formula is C54H34N2O. The van der Waals surface area contributed by atoms with Crippen molar-refractivity contribution in [3.63, 3.8) is 0 Å². The van der Waals surface area contributed by atoms with E-state index < -0.39 is 0 Å². The lowest BCUT2D eigenvalue weighted by molar-refractivity contribution is 0.674. The van der Waals surface area contributed by atoms with Gasteiger partial charge < -0.3 is 4.42 Å². The number of nitrogens with zero attached hydrogens (tertiary/aromatic N) is 2. The average molecular weight is 727 g/mol. The summed E-state index contributed by atoms with van der Waals surface area (Å²) in [4.78, 5) is 10.6. The van der Waals surface area contributed by atoms with Gasteiger partial charge in [0, 0.05) is 38.4 Å². The van der Waals surface area contributed by atoms with Crippen LogP contribution in [0.4, 0.5) is 0 Å². The average Bonchev–Trinajstić information content (AvgIpc) is 3.69. The van der Waals surface area contributed by atoms with Crippen molar-refractivity contribution in [3.05, 3.63) is 206 Å². The van der Waals surface area contributed by atoms with E-state index in [-0.39, 0.29) is 0 Å². The SMILES string of the molecule is c1ccc(-c2cc(-c3ccccc3)cc(-c3cc(-c4ccccc4)nc(-c4cccc(-c5cccc6c5oc5c6ccc6ccc7ccccc7c65)c4)n3)c2)cc1. The smallest absolute Gasteiger partial charge is 0.160 e. The molecule has 0 spiro atoms. The molecule has 0 saturated carbocycles. The molecule has 0 aliphatic carbocycles. The molecule has 2 heterocycles. The van der Waals surface area contributed by atoms with Gasteiger partial charge in [-0.3, -0.25) is 0 Å². The van der Waals surface area contributed by atoms with Crippen molar-refractivity contribution < 1.29 is 4.42 Å². The molecule has 0 aliphatic rings. The minimum atomic E-state index is 0.661. The lowest BCUT2D eigenvalue weighted by Gasteiger charge is -2.13. The number of aromatic nitrogens is 2. The molecule has 266 valence electrons. The summed E-state index contributed by atoms with van der Waals surface area (Å²) in [5.41, 5.74) is 13.2. The predicted molar refractivity (Wildman–Crippen MR) is 237 cm³/mol. The number of para-hydroxylation sites is 1. The summed E-state index contributed by atoms with van der Waals surface area (Å²) < 4.78 is 6.92. The van der Waals surface area contributed by atoms with E-state index in [1.165, 1.54) is 16.2 Å². The molecule has 0 bridgehead atoms. The molecule has 11 rings (SSSR count). The van der Waals surface area contributed by atoms with Crippen LogP contribution in [0.5, 0.6) is 0 Å². The molecule has 3 heteroatoms. The van der Waals surface area contributed by atoms with Crippen molar-refractivity contribution in [3.8, 4) is 67.3 Å². The molecule has 57 heavy (non-hydrogen) atoms. The summed E-state index contributed by atoms with van der Waals surface area (Å²) in [5.74, 6) is 0.661. The van der Waals surface area contributed by atoms with Crippen molar-refractivity contribution >= 4 is 43.5 Å². The third-order valence-corrected chi connectivity index (χ3v) is 11.0. The van der Waals surface area contributed by atoms with Crippen LogP contribution in [0.1, 0.15) is 0 Å². The topological polar surface area (TPSA) is 38.9 Å². The van der Waals surface area contributed by atoms with Crippen molar-refractivity contribution in [2.24, 2.45) is 0 Å². The van der Waals surface area contributed by atoms with Gasteiger partial charge in [0.25, 0.3) is 0 Å². The monoisotopic (exact) mass is 726 g/mol. The molecule has 0 atom stereocenters. The second-order valence-electron chi connectivity index (χ2n) is 14.6. The summed E-state index contributed by atoms with van der Waals surface area (Å²) in [6, 6.07) is 72.6. The fourth-order valence-corrected chi connectivity index (χ4v) is 8.25. The summed E-state index contributed by atoms with van der Waals surface area (Å²) in [6.07, 6.45) is 0. The molecule has 0 fully saturated rings. The van der Waals surface area contributed by atoms with Crippen LogP contribution in [-0.2, 0) is 0 Å². The Hall–Kier alpha value is -7.62. The van der Waals surface area contributed by atoms with Crippen LogP contribution in [0.25, 0.3) is 111 Å². The van der Waals surface area contributed by atoms with Gasteiger partial charge in [-0.25, -0.2) is 9.97 Å². The number of hydrogen-bond acceptors (Lipinski definition) is 3. The first-order chi connectivity index (χ1) is 28.2. The fraction of sp³-hybridized carbons (Fsp3) is 0. The maximum absolute atomic E-state index is 6.92. The number of furan rings is 1. The first kappa shape index (κ1) is 32.8. The molecule has 0 aliphatic heterocycles. The van der Waals surface area contributed by atoms with E-state index in [0.29, 0.717) is 5.82 Å². The zero-order chi connectivity index (χ0) is 37.7. The van der Waals surface area contributed by atoms with Crippen LogP contribution in [0, 0.1) is 0 Å². The minimum Gasteiger partial charge on any atom is -0.455 e. The van der Waals surface area contributed by atoms with Gasteiger partial charge in [-0.2, -0.15) is 0 Å². The van der Waals surface area contributed by atoms with Crippen molar-refractivity contribution in [1.29, 1.82) is 0 Å². The van der Waals surface area contributed by atoms with E-state index in [1.54, 1.807) is 0 Å². The molecule has 0 unspecified atom stereocenters. The highest BCUT2D eigenvalue weighted by atomic mass is 16.3. The third-order valence-electron chi connectivity index (χ3n) is 11.0. The lowest BCUT2D eigenvalue weighted by Crippen LogP contribution is -1.97. The summed E-state index contributed by atoms with van der Waals surface area (Å²) in [6.45, 7) is 0. The van der Waals surface area contributed by atoms with Crippen LogP contribution < -0.4 is 0 Å². The van der Waals surface area contributed by atoms with Crippen LogP contribution in [0.3, 0.4) is 0 Å². The van der Waals surface area contributed by atoms with Gasteiger partial charge in [0.05, 0.1) is 11.4 Å². The number of rotatable bonds is 6. The fourth-order valence-electron chi connectivity index (χ4n) is 8.25. The summed E-state index contributed by atoms with van der Waals surface area (Å²) >= 11 is 0. The normalized spacial score (nSPS) is 11.5. The Morgan fingerprint density at radius 2 is 0.807 bits per heavy atom. The van der Waals surface area contributed by atoms with Crippen molar-refractivity contribution in [1.82, 2.24) is 9.97 Å². The minimum absolute atomic E-state index is 0.661. The number of fused-ring (bicyclic) bond motifs is 7. The van der Waals surface area contributed by atoms with Gasteiger partial charge in [0.2, 0.25) is 0 Å². The highest BCUT2D eigenvalue weighted by Gasteiger charge is 2.18. The second-order valence-corrected chi connectivity index (χ2v) is 14.6. The Kier molecular flexibility index (Phi) is 7.82. The first-order valence-electron chi connectivity index (χ1n) is 19.3. The molecule has 0 amide bonds. The largest absolute Gasteiger partial charge is 0.455 e. The number of hydrogen-bond donors (Lipinski definition) is 0. The Bertz CT molecular complexity index is 3220. The van der Waals surface area contributed by atoms with Gasteiger partial charge in [-0.15, -0.1) is 0 Å². The van der Waals surface area contributed by atoms with E-state index in [0.717, 1.165) is 88.8 Å². The van der Waals surface area contributed by atoms with Crippen molar-refractivity contribution in [2.75, 3.05) is 0 Å². The van der Waals surface area contributed by atoms with Crippen molar-refractivity contribution in [2.45, 2.75) is 0 Å². The summed E-state index contributed by atoms with van der Waals surface area (Å²) in [7, 11) is 0. The molecule has 11 aromatic rings. The van der Waals surface area contributed by atoms with E-state index in [9.17, 15) is 0 Å². The highest BCUT2D eigenvalue weighted by molar-refractivity contribution is 6.24. The van der Waals surface area contributed by atoms with E-state index in [4.69, 9.17) is 14.4 Å². The first-order valence-corrected chi connectivity index (χ1v) is 19.3. The molecule has 0 N–H and O–H groups in total. The van der Waals surface area contributed by atoms with E-state index >= 15 is 0 Å². The summed E-state index contributed by atoms with van der Waals surface area (Å²) in [5, 5.41) is 6.92. The molecule has 3 nitrogen and oxygen atoms in total. The Labute approximate surface area is 330 Å². The predicted octanol–water partition coefficient (Wildman–Crippen LogP) is 14.7. The zero-order valence-electron chi connectivity index (χ0n) is 30.9. The second kappa shape index (κ2) is 13.6. The molecular weight excluding hydrogens is 693 g/mol. The van der Waals surface area contributed by atoms with Gasteiger partial charge in [0.1, 0.15) is 11.2 Å². The zero-order valence-corrected chi connectivity index (χ0v) is 30.9. The van der Waals surface area contributed by atoms with Gasteiger partial charge >= 0.3 is 0 Å². The molecule has 9 aromatic carbocycles. The van der Waals surface area contributed by atoms with Crippen LogP contribution in [-0.4, -0.2) is 9.97 Å². The Morgan fingerprint density at radius 1 is 0.298 bits per heavy atom. The van der Waals surface area contributed by atoms with Gasteiger partial charge in [-0.05, 0) is 80.4 Å². The van der Waals surface area contributed by atoms with Crippen LogP contribution in [0.2, 0.25) is 0 Å². The Morgan fingerprint density at radius 3 is 1.54 bits per heavy atom. The maximum atomic E-state index is 6.92. The maximum Gasteiger partial charge on any atom is 0.160 e. The van der Waals surface area contributed by atoms with Crippen LogP contribution in [0.15, 0.2) is 211 Å². The lowest BCUT2D eigenvalue weighted by atomic mass is 9.94. The third kappa shape index (κ3) is 5.85. The van der Waals surface area contributed by atoms with Gasteiger partial charge in [0.15, 0.2) is 5.82 Å². The van der Waals surface area contributed by atoms with Gasteiger partial charge in [-0.1, -0.05) is 170 Å². The van der Waals surface area contributed by atoms with E-state index in [1.807, 2.05) is 6.07 Å². The highest BCUT2D eigenvalue weighted by Crippen LogP contribution is 2.42. The molecule has 0 saturated heterocycles. The quantitative estimate of drug-likeness (QED) is 0.160. The molecule has 0 radical (unpaired) electrons. The Balaban J connectivity index is 1.09. The van der Waals surface area contributed by atoms with E-state index in [2.05, 4.69) is 200 Å². The number of benzene rings is 9. The standard InChI is InChI=1S/C54H34N2O/c1-4-14-35(15-5-1)42-31-43(36-16-6-2-7-17-36)33-44(32-42)50-34-49(38-19-8-3-9-20-38)55-54(56-50)41-22-12-21-40(30-41)46-24-13-25-47-48-29-28-39-27-26-37-18-10-11-23-45(37)51(39)53(48)57-52(46)47/h1-34H. The molecule has 2 aromatic heterocycles.